The Hall–Kier alpha value is -5.83. The van der Waals surface area contributed by atoms with Crippen molar-refractivity contribution in [1.82, 2.24) is 39.1 Å². The van der Waals surface area contributed by atoms with Gasteiger partial charge in [0.25, 0.3) is 11.5 Å². The van der Waals surface area contributed by atoms with Crippen molar-refractivity contribution in [3.8, 4) is 17.5 Å². The second-order valence-corrected chi connectivity index (χ2v) is 8.62. The molecule has 0 spiro atoms. The number of carbonyl (C=O) groups excluding carboxylic acids is 1. The molecule has 0 atom stereocenters. The van der Waals surface area contributed by atoms with E-state index in [9.17, 15) is 9.59 Å². The highest BCUT2D eigenvalue weighted by molar-refractivity contribution is 6.03. The zero-order chi connectivity index (χ0) is 28.2. The van der Waals surface area contributed by atoms with Crippen molar-refractivity contribution >= 4 is 28.1 Å². The number of benzene rings is 2. The summed E-state index contributed by atoms with van der Waals surface area (Å²) >= 11 is 0. The molecule has 40 heavy (non-hydrogen) atoms. The maximum absolute atomic E-state index is 13.4. The second-order valence-electron chi connectivity index (χ2n) is 8.62. The number of nitrogens with zero attached hydrogens (tertiary/aromatic N) is 8. The van der Waals surface area contributed by atoms with Gasteiger partial charge in [-0.05, 0) is 24.3 Å². The molecule has 2 aromatic carbocycles. The lowest BCUT2D eigenvalue weighted by atomic mass is 10.1. The van der Waals surface area contributed by atoms with Crippen LogP contribution in [0.15, 0.2) is 78.2 Å². The van der Waals surface area contributed by atoms with Gasteiger partial charge in [0.2, 0.25) is 0 Å². The summed E-state index contributed by atoms with van der Waals surface area (Å²) in [6.07, 6.45) is 6.92. The number of hydrogen-bond donors (Lipinski definition) is 2. The molecule has 1 amide bonds. The maximum atomic E-state index is 13.4. The normalized spacial score (nSPS) is 10.6. The Balaban J connectivity index is 0.000000207. The fraction of sp³-hybridized carbons (Fsp3) is 0.107. The van der Waals surface area contributed by atoms with E-state index in [2.05, 4.69) is 32.1 Å². The van der Waals surface area contributed by atoms with E-state index in [4.69, 9.17) is 16.5 Å². The zero-order valence-corrected chi connectivity index (χ0v) is 21.7. The average molecular weight is 533 g/mol. The predicted octanol–water partition coefficient (Wildman–Crippen LogP) is 1.89. The first kappa shape index (κ1) is 25.8. The number of nitrogen functional groups attached to an aromatic ring is 1. The number of amides is 1. The Labute approximate surface area is 227 Å². The van der Waals surface area contributed by atoms with Gasteiger partial charge in [-0.3, -0.25) is 18.8 Å². The summed E-state index contributed by atoms with van der Waals surface area (Å²) in [7, 11) is 1.85. The van der Waals surface area contributed by atoms with Gasteiger partial charge in [-0.15, -0.1) is 14.8 Å². The molecular weight excluding hydrogens is 508 g/mol. The van der Waals surface area contributed by atoms with Crippen LogP contribution in [-0.4, -0.2) is 45.1 Å². The number of fused-ring (bicyclic) bond motifs is 2. The van der Waals surface area contributed by atoms with Crippen molar-refractivity contribution in [2.24, 2.45) is 12.8 Å². The molecule has 0 aliphatic heterocycles. The first-order valence-corrected chi connectivity index (χ1v) is 12.2. The molecule has 198 valence electrons. The van der Waals surface area contributed by atoms with Crippen LogP contribution in [0.3, 0.4) is 0 Å². The van der Waals surface area contributed by atoms with Crippen molar-refractivity contribution in [2.45, 2.75) is 13.3 Å². The van der Waals surface area contributed by atoms with Crippen molar-refractivity contribution in [3.63, 3.8) is 0 Å². The van der Waals surface area contributed by atoms with E-state index in [0.29, 0.717) is 28.4 Å². The highest BCUT2D eigenvalue weighted by atomic mass is 16.1. The SMILES string of the molecule is CCc1nc2cccc(C#Cc3cnn(C)c3)c2c(=O)n1-c1ccccc1.NC(=O)c1c(N)nn2ncncc12. The fourth-order valence-corrected chi connectivity index (χ4v) is 4.16. The number of hydrogen-bond acceptors (Lipinski definition) is 8. The first-order chi connectivity index (χ1) is 19.4. The molecule has 0 saturated heterocycles. The Morgan fingerprint density at radius 1 is 1.02 bits per heavy atom. The van der Waals surface area contributed by atoms with Crippen LogP contribution >= 0.6 is 0 Å². The molecular formula is C28H24N10O2. The molecule has 0 bridgehead atoms. The number of nitrogens with two attached hydrogens (primary N) is 2. The average Bonchev–Trinajstić information content (AvgIpc) is 3.53. The topological polar surface area (TPSA) is 165 Å². The van der Waals surface area contributed by atoms with E-state index in [-0.39, 0.29) is 16.9 Å². The van der Waals surface area contributed by atoms with Crippen LogP contribution < -0.4 is 17.0 Å². The van der Waals surface area contributed by atoms with Crippen LogP contribution in [0.2, 0.25) is 0 Å². The van der Waals surface area contributed by atoms with Gasteiger partial charge < -0.3 is 11.5 Å². The molecule has 12 heteroatoms. The number of para-hydroxylation sites is 1. The lowest BCUT2D eigenvalue weighted by Gasteiger charge is -2.13. The van der Waals surface area contributed by atoms with E-state index in [1.165, 1.54) is 17.2 Å². The van der Waals surface area contributed by atoms with Crippen LogP contribution in [0.5, 0.6) is 0 Å². The van der Waals surface area contributed by atoms with Crippen molar-refractivity contribution in [2.75, 3.05) is 5.73 Å². The molecule has 6 aromatic rings. The quantitative estimate of drug-likeness (QED) is 0.326. The summed E-state index contributed by atoms with van der Waals surface area (Å²) < 4.78 is 4.59. The van der Waals surface area contributed by atoms with E-state index in [0.717, 1.165) is 17.1 Å². The lowest BCUT2D eigenvalue weighted by Crippen LogP contribution is -2.24. The van der Waals surface area contributed by atoms with Gasteiger partial charge in [0, 0.05) is 25.2 Å². The highest BCUT2D eigenvalue weighted by Crippen LogP contribution is 2.17. The summed E-state index contributed by atoms with van der Waals surface area (Å²) in [4.78, 5) is 32.8. The van der Waals surface area contributed by atoms with Crippen LogP contribution in [0.1, 0.15) is 34.2 Å². The number of aryl methyl sites for hydroxylation is 2. The van der Waals surface area contributed by atoms with Gasteiger partial charge in [-0.25, -0.2) is 9.97 Å². The fourth-order valence-electron chi connectivity index (χ4n) is 4.16. The summed E-state index contributed by atoms with van der Waals surface area (Å²) in [5, 5.41) is 12.2. The minimum absolute atomic E-state index is 0.0630. The number of rotatable bonds is 3. The van der Waals surface area contributed by atoms with Gasteiger partial charge in [0.1, 0.15) is 23.2 Å². The Kier molecular flexibility index (Phi) is 7.02. The molecule has 4 aromatic heterocycles. The van der Waals surface area contributed by atoms with Gasteiger partial charge >= 0.3 is 0 Å². The van der Waals surface area contributed by atoms with E-state index < -0.39 is 5.91 Å². The van der Waals surface area contributed by atoms with E-state index in [1.807, 2.05) is 68.7 Å². The molecule has 6 rings (SSSR count). The third kappa shape index (κ3) is 4.99. The molecule has 0 radical (unpaired) electrons. The summed E-state index contributed by atoms with van der Waals surface area (Å²) in [5.41, 5.74) is 14.0. The Morgan fingerprint density at radius 2 is 1.82 bits per heavy atom. The summed E-state index contributed by atoms with van der Waals surface area (Å²) in [6, 6.07) is 15.2. The summed E-state index contributed by atoms with van der Waals surface area (Å²) in [6.45, 7) is 2.00. The number of carbonyl (C=O) groups is 1. The molecule has 4 N–H and O–H groups in total. The molecule has 0 saturated carbocycles. The smallest absolute Gasteiger partial charge is 0.267 e. The lowest BCUT2D eigenvalue weighted by molar-refractivity contribution is 0.100. The van der Waals surface area contributed by atoms with Crippen LogP contribution in [0, 0.1) is 11.8 Å². The Bertz CT molecular complexity index is 1980. The van der Waals surface area contributed by atoms with Gasteiger partial charge in [-0.1, -0.05) is 43.0 Å². The van der Waals surface area contributed by atoms with Crippen molar-refractivity contribution in [1.29, 1.82) is 0 Å². The number of anilines is 1. The van der Waals surface area contributed by atoms with E-state index in [1.54, 1.807) is 15.4 Å². The summed E-state index contributed by atoms with van der Waals surface area (Å²) in [5.74, 6) is 6.36. The second kappa shape index (κ2) is 10.9. The monoisotopic (exact) mass is 532 g/mol. The number of primary amides is 1. The molecule has 4 heterocycles. The molecule has 0 fully saturated rings. The Morgan fingerprint density at radius 3 is 2.52 bits per heavy atom. The minimum atomic E-state index is -0.637. The van der Waals surface area contributed by atoms with Crippen LogP contribution in [-0.2, 0) is 13.5 Å². The minimum Gasteiger partial charge on any atom is -0.381 e. The van der Waals surface area contributed by atoms with Gasteiger partial charge in [0.05, 0.1) is 34.5 Å². The third-order valence-corrected chi connectivity index (χ3v) is 5.95. The van der Waals surface area contributed by atoms with Crippen molar-refractivity contribution < 1.29 is 4.79 Å². The van der Waals surface area contributed by atoms with Gasteiger partial charge in [-0.2, -0.15) is 5.10 Å². The largest absolute Gasteiger partial charge is 0.381 e. The molecule has 0 aliphatic carbocycles. The predicted molar refractivity (Wildman–Crippen MR) is 150 cm³/mol. The van der Waals surface area contributed by atoms with Gasteiger partial charge in [0.15, 0.2) is 5.82 Å². The first-order valence-electron chi connectivity index (χ1n) is 12.2. The zero-order valence-electron chi connectivity index (χ0n) is 21.7. The molecule has 0 aliphatic rings. The highest BCUT2D eigenvalue weighted by Gasteiger charge is 2.16. The van der Waals surface area contributed by atoms with Crippen molar-refractivity contribution in [3.05, 3.63) is 106 Å². The standard InChI is InChI=1S/C22H18N4O.C6H6N6O/c1-3-20-24-19-11-7-8-17(13-12-16-14-23-25(2)15-16)21(19)22(27)26(20)18-9-5-4-6-10-18;7-5-4(6(8)13)3-1-9-2-10-12(3)11-5/h4-11,14-15H,3H2,1-2H3;1-2H,(H2,7,11)(H2,8,13). The molecule has 0 unspecified atom stereocenters. The maximum Gasteiger partial charge on any atom is 0.267 e. The van der Waals surface area contributed by atoms with E-state index >= 15 is 0 Å². The molecule has 12 nitrogen and oxygen atoms in total. The van der Waals surface area contributed by atoms with Crippen LogP contribution in [0.4, 0.5) is 5.82 Å². The van der Waals surface area contributed by atoms with Crippen LogP contribution in [0.25, 0.3) is 22.1 Å². The third-order valence-electron chi connectivity index (χ3n) is 5.95. The number of aromatic nitrogens is 8.